The fourth-order valence-electron chi connectivity index (χ4n) is 8.16. The van der Waals surface area contributed by atoms with Gasteiger partial charge in [0.15, 0.2) is 5.71 Å². The Hall–Kier alpha value is -2.22. The Bertz CT molecular complexity index is 1120. The van der Waals surface area contributed by atoms with Gasteiger partial charge in [-0.2, -0.15) is 0 Å². The molecule has 1 aliphatic heterocycles. The van der Waals surface area contributed by atoms with Gasteiger partial charge in [-0.1, -0.05) is 216 Å². The zero-order valence-corrected chi connectivity index (χ0v) is 33.2. The maximum atomic E-state index is 5.47. The van der Waals surface area contributed by atoms with E-state index in [4.69, 9.17) is 4.99 Å². The molecule has 0 saturated carbocycles. The van der Waals surface area contributed by atoms with Crippen LogP contribution in [0.3, 0.4) is 0 Å². The lowest BCUT2D eigenvalue weighted by atomic mass is 9.92. The van der Waals surface area contributed by atoms with E-state index in [-0.39, 0.29) is 5.66 Å². The van der Waals surface area contributed by atoms with Crippen molar-refractivity contribution in [1.29, 1.82) is 0 Å². The average molecular weight is 684 g/mol. The molecule has 2 nitrogen and oxygen atoms in total. The van der Waals surface area contributed by atoms with Crippen molar-refractivity contribution in [3.63, 3.8) is 0 Å². The van der Waals surface area contributed by atoms with Gasteiger partial charge in [0.05, 0.1) is 12.6 Å². The van der Waals surface area contributed by atoms with Crippen LogP contribution in [0.15, 0.2) is 65.7 Å². The Morgan fingerprint density at radius 2 is 0.860 bits per heavy atom. The van der Waals surface area contributed by atoms with Crippen LogP contribution in [-0.2, 0) is 12.8 Å². The second-order valence-corrected chi connectivity index (χ2v) is 15.8. The van der Waals surface area contributed by atoms with Crippen molar-refractivity contribution >= 4 is 11.9 Å². The van der Waals surface area contributed by atoms with Gasteiger partial charge in [-0.15, -0.1) is 0 Å². The van der Waals surface area contributed by atoms with E-state index < -0.39 is 0 Å². The minimum Gasteiger partial charge on any atom is -0.216 e. The van der Waals surface area contributed by atoms with Crippen LogP contribution in [0.25, 0.3) is 0 Å². The first-order valence-corrected chi connectivity index (χ1v) is 22.0. The summed E-state index contributed by atoms with van der Waals surface area (Å²) in [4.78, 5) is 5.47. The molecule has 0 spiro atoms. The molecule has 0 aromatic heterocycles. The van der Waals surface area contributed by atoms with Crippen LogP contribution >= 0.6 is 0 Å². The van der Waals surface area contributed by atoms with E-state index in [1.807, 2.05) is 0 Å². The third-order valence-corrected chi connectivity index (χ3v) is 11.3. The molecule has 0 fully saturated rings. The van der Waals surface area contributed by atoms with E-state index in [0.717, 1.165) is 25.8 Å². The molecule has 280 valence electrons. The molecule has 1 atom stereocenters. The second-order valence-electron chi connectivity index (χ2n) is 15.8. The summed E-state index contributed by atoms with van der Waals surface area (Å²) >= 11 is 0. The predicted molar refractivity (Wildman–Crippen MR) is 222 cm³/mol. The van der Waals surface area contributed by atoms with Crippen molar-refractivity contribution in [2.45, 2.75) is 212 Å². The summed E-state index contributed by atoms with van der Waals surface area (Å²) in [6, 6.07) is 22.3. The molecule has 3 rings (SSSR count). The summed E-state index contributed by atoms with van der Waals surface area (Å²) in [5, 5.41) is 0. The molecular weight excluding hydrogens is 605 g/mol. The van der Waals surface area contributed by atoms with Gasteiger partial charge in [0.2, 0.25) is 0 Å². The topological polar surface area (TPSA) is 15.4 Å². The van der Waals surface area contributed by atoms with E-state index in [2.05, 4.69) is 85.3 Å². The highest BCUT2D eigenvalue weighted by Crippen LogP contribution is 2.31. The molecule has 0 N–H and O–H groups in total. The zero-order valence-electron chi connectivity index (χ0n) is 33.2. The van der Waals surface area contributed by atoms with Gasteiger partial charge in [-0.05, 0) is 36.8 Å². The van der Waals surface area contributed by atoms with Crippen LogP contribution in [-0.4, -0.2) is 28.7 Å². The number of hydrogen-bond acceptors (Lipinski definition) is 1. The minimum absolute atomic E-state index is 0.139. The molecule has 0 radical (unpaired) electrons. The number of unbranched alkanes of at least 4 members (excludes halogenated alkanes) is 23. The number of benzene rings is 2. The van der Waals surface area contributed by atoms with Crippen molar-refractivity contribution < 1.29 is 4.58 Å². The van der Waals surface area contributed by atoms with Gasteiger partial charge in [-0.3, -0.25) is 0 Å². The van der Waals surface area contributed by atoms with Gasteiger partial charge in [0.25, 0.3) is 5.66 Å². The zero-order chi connectivity index (χ0) is 35.2. The van der Waals surface area contributed by atoms with Gasteiger partial charge < -0.3 is 0 Å². The van der Waals surface area contributed by atoms with Crippen LogP contribution in [0.2, 0.25) is 0 Å². The van der Waals surface area contributed by atoms with Gasteiger partial charge >= 0.3 is 0 Å². The summed E-state index contributed by atoms with van der Waals surface area (Å²) in [6.45, 7) is 5.78. The molecule has 0 saturated heterocycles. The summed E-state index contributed by atoms with van der Waals surface area (Å²) < 4.78 is 2.81. The molecule has 1 aliphatic rings. The monoisotopic (exact) mass is 684 g/mol. The van der Waals surface area contributed by atoms with E-state index in [1.165, 1.54) is 190 Å². The summed E-state index contributed by atoms with van der Waals surface area (Å²) in [5.41, 5.74) is 4.25. The maximum absolute atomic E-state index is 5.47. The molecule has 0 bridgehead atoms. The van der Waals surface area contributed by atoms with Crippen LogP contribution in [0.4, 0.5) is 0 Å². The van der Waals surface area contributed by atoms with Crippen molar-refractivity contribution in [3.8, 4) is 0 Å². The lowest BCUT2D eigenvalue weighted by Gasteiger charge is -2.26. The lowest BCUT2D eigenvalue weighted by Crippen LogP contribution is -2.43. The lowest BCUT2D eigenvalue weighted by molar-refractivity contribution is -0.605. The largest absolute Gasteiger partial charge is 0.259 e. The Balaban J connectivity index is 1.49. The predicted octanol–water partition coefficient (Wildman–Crippen LogP) is 14.7. The highest BCUT2D eigenvalue weighted by Gasteiger charge is 2.45. The summed E-state index contributed by atoms with van der Waals surface area (Å²) in [5.74, 6) is 0. The SMILES string of the molecule is CCCCCCCCCCCCCCCCCC1=[N+](CCCCCCCCCCCC)C(CCCc2ccccc2)(Cc2ccccc2)N=C1. The van der Waals surface area contributed by atoms with Crippen LogP contribution in [0.5, 0.6) is 0 Å². The third-order valence-electron chi connectivity index (χ3n) is 11.3. The fraction of sp³-hybridized carbons (Fsp3) is 0.708. The van der Waals surface area contributed by atoms with Crippen molar-refractivity contribution in [2.75, 3.05) is 6.54 Å². The Morgan fingerprint density at radius 3 is 1.34 bits per heavy atom. The smallest absolute Gasteiger partial charge is 0.216 e. The van der Waals surface area contributed by atoms with Gasteiger partial charge in [0.1, 0.15) is 6.54 Å². The highest BCUT2D eigenvalue weighted by molar-refractivity contribution is 6.29. The first-order chi connectivity index (χ1) is 24.8. The van der Waals surface area contributed by atoms with Crippen LogP contribution in [0.1, 0.15) is 205 Å². The summed E-state index contributed by atoms with van der Waals surface area (Å²) in [6.07, 6.45) is 43.2. The standard InChI is InChI=1S/C48H79N2/c1-3-5-7-9-11-13-15-16-17-18-19-20-22-24-32-40-47-44-49-48(43-46-37-30-27-31-38-46,41-34-39-45-35-28-26-29-36-45)50(47)42-33-25-23-21-14-12-10-8-6-4-2/h26-31,35-38,44H,3-25,32-34,39-43H2,1-2H3/q+1. The summed E-state index contributed by atoms with van der Waals surface area (Å²) in [7, 11) is 0. The highest BCUT2D eigenvalue weighted by atomic mass is 15.3. The average Bonchev–Trinajstić information content (AvgIpc) is 3.47. The molecule has 2 aromatic rings. The van der Waals surface area contributed by atoms with Crippen molar-refractivity contribution in [2.24, 2.45) is 4.99 Å². The molecule has 2 heteroatoms. The first kappa shape index (κ1) is 42.2. The molecule has 2 aromatic carbocycles. The molecule has 1 heterocycles. The van der Waals surface area contributed by atoms with E-state index in [1.54, 1.807) is 0 Å². The molecule has 1 unspecified atom stereocenters. The number of rotatable bonds is 33. The normalized spacial score (nSPS) is 15.8. The quantitative estimate of drug-likeness (QED) is 0.0526. The van der Waals surface area contributed by atoms with Crippen molar-refractivity contribution in [3.05, 3.63) is 71.8 Å². The van der Waals surface area contributed by atoms with E-state index in [0.29, 0.717) is 0 Å². The first-order valence-electron chi connectivity index (χ1n) is 22.0. The molecule has 0 aliphatic carbocycles. The molecule has 50 heavy (non-hydrogen) atoms. The number of nitrogens with zero attached hydrogens (tertiary/aromatic N) is 2. The third kappa shape index (κ3) is 18.3. The molecule has 0 amide bonds. The van der Waals surface area contributed by atoms with E-state index >= 15 is 0 Å². The second kappa shape index (κ2) is 28.4. The maximum Gasteiger partial charge on any atom is 0.259 e. The number of aliphatic imine (C=N–C) groups is 1. The Kier molecular flexibility index (Phi) is 23.9. The molecular formula is C48H79N2+. The minimum atomic E-state index is -0.139. The van der Waals surface area contributed by atoms with Crippen LogP contribution < -0.4 is 0 Å². The Morgan fingerprint density at radius 1 is 0.440 bits per heavy atom. The Labute approximate surface area is 311 Å². The van der Waals surface area contributed by atoms with Crippen molar-refractivity contribution in [1.82, 2.24) is 0 Å². The van der Waals surface area contributed by atoms with E-state index in [9.17, 15) is 0 Å². The van der Waals surface area contributed by atoms with Gasteiger partial charge in [-0.25, -0.2) is 9.57 Å². The number of hydrogen-bond donors (Lipinski definition) is 0. The fourth-order valence-corrected chi connectivity index (χ4v) is 8.16. The van der Waals surface area contributed by atoms with Crippen LogP contribution in [0, 0.1) is 0 Å². The van der Waals surface area contributed by atoms with Gasteiger partial charge in [0, 0.05) is 19.3 Å². The number of aryl methyl sites for hydroxylation is 1.